The Morgan fingerprint density at radius 3 is 2.77 bits per heavy atom. The molecule has 136 valence electrons. The zero-order valence-electron chi connectivity index (χ0n) is 15.1. The number of hydrogen-bond donors (Lipinski definition) is 2. The fourth-order valence-electron chi connectivity index (χ4n) is 2.63. The number of aromatic amines is 1. The lowest BCUT2D eigenvalue weighted by Crippen LogP contribution is -2.33. The molecule has 0 spiro atoms. The highest BCUT2D eigenvalue weighted by molar-refractivity contribution is 7.99. The Kier molecular flexibility index (Phi) is 5.46. The van der Waals surface area contributed by atoms with Crippen LogP contribution < -0.4 is 10.9 Å². The fraction of sp³-hybridized carbons (Fsp3) is 0.316. The fourth-order valence-corrected chi connectivity index (χ4v) is 3.45. The predicted molar refractivity (Wildman–Crippen MR) is 105 cm³/mol. The molecule has 0 fully saturated rings. The van der Waals surface area contributed by atoms with Crippen LogP contribution in [0, 0.1) is 6.92 Å². The second kappa shape index (κ2) is 7.78. The van der Waals surface area contributed by atoms with E-state index in [1.165, 1.54) is 11.8 Å². The highest BCUT2D eigenvalue weighted by Crippen LogP contribution is 2.21. The maximum absolute atomic E-state index is 13.0. The van der Waals surface area contributed by atoms with Gasteiger partial charge in [0, 0.05) is 11.7 Å². The normalized spacial score (nSPS) is 12.3. The maximum Gasteiger partial charge on any atom is 0.283 e. The van der Waals surface area contributed by atoms with Crippen molar-refractivity contribution in [3.8, 4) is 5.69 Å². The topological polar surface area (TPSA) is 79.8 Å². The largest absolute Gasteiger partial charge is 0.353 e. The summed E-state index contributed by atoms with van der Waals surface area (Å²) in [6.45, 7) is 5.88. The molecule has 0 aliphatic rings. The van der Waals surface area contributed by atoms with Gasteiger partial charge in [-0.3, -0.25) is 14.2 Å². The molecule has 0 aliphatic carbocycles. The van der Waals surface area contributed by atoms with E-state index < -0.39 is 0 Å². The summed E-state index contributed by atoms with van der Waals surface area (Å²) >= 11 is 1.27. The SMILES string of the molecule is CC[C@H](C)NC(=O)CSc1nc2cc(C)[nH]c2c(=O)n1-c1ccccc1. The van der Waals surface area contributed by atoms with Crippen molar-refractivity contribution in [3.05, 3.63) is 52.4 Å². The number of fused-ring (bicyclic) bond motifs is 1. The summed E-state index contributed by atoms with van der Waals surface area (Å²) in [7, 11) is 0. The highest BCUT2D eigenvalue weighted by Gasteiger charge is 2.16. The minimum Gasteiger partial charge on any atom is -0.353 e. The average molecular weight is 370 g/mol. The Bertz CT molecular complexity index is 978. The van der Waals surface area contributed by atoms with Crippen LogP contribution in [-0.2, 0) is 4.79 Å². The number of carbonyl (C=O) groups is 1. The lowest BCUT2D eigenvalue weighted by atomic mass is 10.3. The monoisotopic (exact) mass is 370 g/mol. The van der Waals surface area contributed by atoms with E-state index in [1.54, 1.807) is 4.57 Å². The first-order valence-corrected chi connectivity index (χ1v) is 9.58. The first kappa shape index (κ1) is 18.3. The van der Waals surface area contributed by atoms with E-state index in [-0.39, 0.29) is 23.3 Å². The van der Waals surface area contributed by atoms with E-state index in [0.29, 0.717) is 16.2 Å². The molecule has 0 radical (unpaired) electrons. The molecule has 6 nitrogen and oxygen atoms in total. The van der Waals surface area contributed by atoms with E-state index in [2.05, 4.69) is 15.3 Å². The van der Waals surface area contributed by atoms with Crippen molar-refractivity contribution < 1.29 is 4.79 Å². The van der Waals surface area contributed by atoms with Crippen LogP contribution >= 0.6 is 11.8 Å². The van der Waals surface area contributed by atoms with Crippen LogP contribution in [0.5, 0.6) is 0 Å². The molecule has 2 heterocycles. The number of para-hydroxylation sites is 1. The number of aromatic nitrogens is 3. The first-order chi connectivity index (χ1) is 12.5. The number of aryl methyl sites for hydroxylation is 1. The van der Waals surface area contributed by atoms with Crippen molar-refractivity contribution in [3.63, 3.8) is 0 Å². The van der Waals surface area contributed by atoms with Gasteiger partial charge >= 0.3 is 0 Å². The Morgan fingerprint density at radius 1 is 1.35 bits per heavy atom. The minimum atomic E-state index is -0.167. The van der Waals surface area contributed by atoms with Crippen LogP contribution in [0.4, 0.5) is 0 Å². The molecule has 3 aromatic rings. The number of amides is 1. The number of H-pyrrole nitrogens is 1. The van der Waals surface area contributed by atoms with Crippen molar-refractivity contribution in [2.45, 2.75) is 38.4 Å². The second-order valence-electron chi connectivity index (χ2n) is 6.25. The molecule has 26 heavy (non-hydrogen) atoms. The summed E-state index contributed by atoms with van der Waals surface area (Å²) < 4.78 is 1.56. The molecule has 0 unspecified atom stereocenters. The van der Waals surface area contributed by atoms with Gasteiger partial charge < -0.3 is 10.3 Å². The maximum atomic E-state index is 13.0. The van der Waals surface area contributed by atoms with Gasteiger partial charge in [0.15, 0.2) is 5.16 Å². The van der Waals surface area contributed by atoms with Crippen LogP contribution in [0.3, 0.4) is 0 Å². The van der Waals surface area contributed by atoms with Gasteiger partial charge in [0.05, 0.1) is 17.0 Å². The van der Waals surface area contributed by atoms with Gasteiger partial charge in [-0.05, 0) is 38.5 Å². The lowest BCUT2D eigenvalue weighted by molar-refractivity contribution is -0.119. The van der Waals surface area contributed by atoms with Gasteiger partial charge in [-0.2, -0.15) is 0 Å². The van der Waals surface area contributed by atoms with E-state index in [4.69, 9.17) is 0 Å². The van der Waals surface area contributed by atoms with Gasteiger partial charge in [-0.15, -0.1) is 0 Å². The van der Waals surface area contributed by atoms with Crippen molar-refractivity contribution in [2.24, 2.45) is 0 Å². The number of hydrogen-bond acceptors (Lipinski definition) is 4. The minimum absolute atomic E-state index is 0.0662. The number of nitrogens with zero attached hydrogens (tertiary/aromatic N) is 2. The molecule has 0 bridgehead atoms. The molecule has 0 saturated heterocycles. The Balaban J connectivity index is 2.00. The van der Waals surface area contributed by atoms with Crippen LogP contribution in [0.2, 0.25) is 0 Å². The Labute approximate surface area is 156 Å². The molecule has 0 saturated carbocycles. The predicted octanol–water partition coefficient (Wildman–Crippen LogP) is 3.03. The molecular weight excluding hydrogens is 348 g/mol. The smallest absolute Gasteiger partial charge is 0.283 e. The van der Waals surface area contributed by atoms with E-state index in [0.717, 1.165) is 17.8 Å². The summed E-state index contributed by atoms with van der Waals surface area (Å²) in [6, 6.07) is 11.3. The quantitative estimate of drug-likeness (QED) is 0.516. The molecule has 1 amide bonds. The molecule has 2 N–H and O–H groups in total. The third-order valence-corrected chi connectivity index (χ3v) is 5.06. The standard InChI is InChI=1S/C19H22N4O2S/c1-4-12(2)20-16(24)11-26-19-22-15-10-13(3)21-17(15)18(25)23(19)14-8-6-5-7-9-14/h5-10,12,21H,4,11H2,1-3H3,(H,20,24)/t12-/m0/s1. The van der Waals surface area contributed by atoms with E-state index in [9.17, 15) is 9.59 Å². The Hall–Kier alpha value is -2.54. The van der Waals surface area contributed by atoms with Gasteiger partial charge in [0.25, 0.3) is 5.56 Å². The summed E-state index contributed by atoms with van der Waals surface area (Å²) in [6.07, 6.45) is 0.873. The van der Waals surface area contributed by atoms with Crippen molar-refractivity contribution in [1.29, 1.82) is 0 Å². The molecule has 3 rings (SSSR count). The molecule has 1 aromatic carbocycles. The number of rotatable bonds is 6. The molecule has 1 atom stereocenters. The average Bonchev–Trinajstić information content (AvgIpc) is 3.01. The molecule has 7 heteroatoms. The van der Waals surface area contributed by atoms with E-state index in [1.807, 2.05) is 57.2 Å². The van der Waals surface area contributed by atoms with E-state index >= 15 is 0 Å². The van der Waals surface area contributed by atoms with Gasteiger partial charge in [0.1, 0.15) is 5.52 Å². The Morgan fingerprint density at radius 2 is 2.08 bits per heavy atom. The van der Waals surface area contributed by atoms with Crippen LogP contribution in [-0.4, -0.2) is 32.2 Å². The van der Waals surface area contributed by atoms with Gasteiger partial charge in [0.2, 0.25) is 5.91 Å². The number of thioether (sulfide) groups is 1. The van der Waals surface area contributed by atoms with Gasteiger partial charge in [-0.1, -0.05) is 36.9 Å². The molecule has 0 aliphatic heterocycles. The van der Waals surface area contributed by atoms with Crippen LogP contribution in [0.15, 0.2) is 46.3 Å². The zero-order chi connectivity index (χ0) is 18.7. The number of carbonyl (C=O) groups excluding carboxylic acids is 1. The zero-order valence-corrected chi connectivity index (χ0v) is 15.9. The molecular formula is C19H22N4O2S. The number of benzene rings is 1. The van der Waals surface area contributed by atoms with Crippen LogP contribution in [0.1, 0.15) is 26.0 Å². The van der Waals surface area contributed by atoms with Crippen LogP contribution in [0.25, 0.3) is 16.7 Å². The number of nitrogens with one attached hydrogen (secondary N) is 2. The first-order valence-electron chi connectivity index (χ1n) is 8.59. The third-order valence-electron chi connectivity index (χ3n) is 4.12. The van der Waals surface area contributed by atoms with Crippen molar-refractivity contribution in [1.82, 2.24) is 19.9 Å². The van der Waals surface area contributed by atoms with Gasteiger partial charge in [-0.25, -0.2) is 4.98 Å². The lowest BCUT2D eigenvalue weighted by Gasteiger charge is -2.13. The third kappa shape index (κ3) is 3.83. The van der Waals surface area contributed by atoms with Crippen molar-refractivity contribution in [2.75, 3.05) is 5.75 Å². The summed E-state index contributed by atoms with van der Waals surface area (Å²) in [5.74, 6) is 0.141. The molecule has 2 aromatic heterocycles. The second-order valence-corrected chi connectivity index (χ2v) is 7.19. The summed E-state index contributed by atoms with van der Waals surface area (Å²) in [5, 5.41) is 3.44. The highest BCUT2D eigenvalue weighted by atomic mass is 32.2. The summed E-state index contributed by atoms with van der Waals surface area (Å²) in [4.78, 5) is 32.8. The van der Waals surface area contributed by atoms with Crippen molar-refractivity contribution >= 4 is 28.7 Å². The summed E-state index contributed by atoms with van der Waals surface area (Å²) in [5.41, 5.74) is 2.52.